The summed E-state index contributed by atoms with van der Waals surface area (Å²) < 4.78 is 23.9. The number of hydrogen-bond acceptors (Lipinski definition) is 3. The van der Waals surface area contributed by atoms with Gasteiger partial charge in [0.2, 0.25) is 0 Å². The van der Waals surface area contributed by atoms with Gasteiger partial charge >= 0.3 is 0 Å². The van der Waals surface area contributed by atoms with E-state index in [1.165, 1.54) is 38.5 Å². The smallest absolute Gasteiger partial charge is 0.255 e. The zero-order chi connectivity index (χ0) is 16.3. The number of carbonyl (C=O) groups excluding carboxylic acids is 1. The molecule has 0 bridgehead atoms. The molecule has 0 aliphatic carbocycles. The highest BCUT2D eigenvalue weighted by atomic mass is 35.5. The molecule has 0 aliphatic heterocycles. The van der Waals surface area contributed by atoms with Gasteiger partial charge in [-0.2, -0.15) is 0 Å². The maximum Gasteiger partial charge on any atom is 0.255 e. The van der Waals surface area contributed by atoms with Crippen LogP contribution in [0.4, 0.5) is 10.1 Å². The fourth-order valence-corrected chi connectivity index (χ4v) is 2.28. The summed E-state index contributed by atoms with van der Waals surface area (Å²) in [6, 6.07) is 6.82. The molecule has 0 aliphatic rings. The molecule has 2 rings (SSSR count). The minimum Gasteiger partial charge on any atom is -0.493 e. The van der Waals surface area contributed by atoms with Crippen molar-refractivity contribution in [1.29, 1.82) is 0 Å². The number of hydrogen-bond donors (Lipinski definition) is 1. The summed E-state index contributed by atoms with van der Waals surface area (Å²) >= 11 is 11.7. The lowest BCUT2D eigenvalue weighted by Gasteiger charge is -2.12. The minimum absolute atomic E-state index is 0.0142. The molecule has 0 aromatic heterocycles. The average Bonchev–Trinajstić information content (AvgIpc) is 2.49. The van der Waals surface area contributed by atoms with Crippen molar-refractivity contribution in [2.45, 2.75) is 0 Å². The van der Waals surface area contributed by atoms with Crippen LogP contribution in [-0.2, 0) is 0 Å². The lowest BCUT2D eigenvalue weighted by atomic mass is 10.1. The second-order valence-electron chi connectivity index (χ2n) is 4.27. The lowest BCUT2D eigenvalue weighted by Crippen LogP contribution is -2.13. The molecular formula is C15H12Cl2FNO3. The molecule has 4 nitrogen and oxygen atoms in total. The van der Waals surface area contributed by atoms with Crippen molar-refractivity contribution in [3.8, 4) is 11.5 Å². The first-order chi connectivity index (χ1) is 10.5. The predicted octanol–water partition coefficient (Wildman–Crippen LogP) is 4.40. The summed E-state index contributed by atoms with van der Waals surface area (Å²) in [6.07, 6.45) is 0. The predicted molar refractivity (Wildman–Crippen MR) is 83.9 cm³/mol. The fourth-order valence-electron chi connectivity index (χ4n) is 1.83. The SMILES string of the molecule is COc1cc(C(=O)Nc2ccc(Cl)cc2F)cc(Cl)c1OC. The molecule has 0 spiro atoms. The highest BCUT2D eigenvalue weighted by Gasteiger charge is 2.16. The second-order valence-corrected chi connectivity index (χ2v) is 5.12. The van der Waals surface area contributed by atoms with Gasteiger partial charge in [-0.25, -0.2) is 4.39 Å². The van der Waals surface area contributed by atoms with Crippen molar-refractivity contribution in [2.24, 2.45) is 0 Å². The Labute approximate surface area is 136 Å². The molecule has 0 radical (unpaired) electrons. The Morgan fingerprint density at radius 3 is 2.45 bits per heavy atom. The molecule has 0 unspecified atom stereocenters. The van der Waals surface area contributed by atoms with Crippen molar-refractivity contribution >= 4 is 34.8 Å². The van der Waals surface area contributed by atoms with Crippen LogP contribution in [-0.4, -0.2) is 20.1 Å². The van der Waals surface area contributed by atoms with Gasteiger partial charge in [-0.1, -0.05) is 23.2 Å². The number of methoxy groups -OCH3 is 2. The van der Waals surface area contributed by atoms with Gasteiger partial charge in [0.15, 0.2) is 11.5 Å². The number of carbonyl (C=O) groups is 1. The van der Waals surface area contributed by atoms with Crippen molar-refractivity contribution < 1.29 is 18.7 Å². The molecule has 116 valence electrons. The van der Waals surface area contributed by atoms with E-state index in [1.54, 1.807) is 0 Å². The van der Waals surface area contributed by atoms with Gasteiger partial charge in [-0.3, -0.25) is 4.79 Å². The molecule has 0 saturated carbocycles. The van der Waals surface area contributed by atoms with E-state index in [-0.39, 0.29) is 21.3 Å². The summed E-state index contributed by atoms with van der Waals surface area (Å²) in [7, 11) is 2.86. The third-order valence-electron chi connectivity index (χ3n) is 2.88. The molecule has 2 aromatic carbocycles. The molecule has 2 aromatic rings. The van der Waals surface area contributed by atoms with Crippen molar-refractivity contribution in [3.63, 3.8) is 0 Å². The van der Waals surface area contributed by atoms with Crippen molar-refractivity contribution in [1.82, 2.24) is 0 Å². The molecule has 0 heterocycles. The monoisotopic (exact) mass is 343 g/mol. The highest BCUT2D eigenvalue weighted by molar-refractivity contribution is 6.33. The topological polar surface area (TPSA) is 47.6 Å². The molecular weight excluding hydrogens is 332 g/mol. The quantitative estimate of drug-likeness (QED) is 0.894. The van der Waals surface area contributed by atoms with Gasteiger partial charge in [0.25, 0.3) is 5.91 Å². The van der Waals surface area contributed by atoms with Crippen LogP contribution in [0.5, 0.6) is 11.5 Å². The van der Waals surface area contributed by atoms with Gasteiger partial charge in [0.1, 0.15) is 5.82 Å². The number of benzene rings is 2. The van der Waals surface area contributed by atoms with Gasteiger partial charge in [-0.05, 0) is 30.3 Å². The van der Waals surface area contributed by atoms with E-state index in [9.17, 15) is 9.18 Å². The van der Waals surface area contributed by atoms with Crippen LogP contribution in [0.15, 0.2) is 30.3 Å². The van der Waals surface area contributed by atoms with E-state index in [0.717, 1.165) is 6.07 Å². The Kier molecular flexibility index (Phi) is 5.11. The van der Waals surface area contributed by atoms with Crippen LogP contribution in [0.3, 0.4) is 0 Å². The Morgan fingerprint density at radius 2 is 1.86 bits per heavy atom. The first-order valence-corrected chi connectivity index (χ1v) is 6.89. The van der Waals surface area contributed by atoms with E-state index >= 15 is 0 Å². The van der Waals surface area contributed by atoms with E-state index in [4.69, 9.17) is 32.7 Å². The van der Waals surface area contributed by atoms with Crippen LogP contribution < -0.4 is 14.8 Å². The van der Waals surface area contributed by atoms with E-state index in [2.05, 4.69) is 5.32 Å². The Balaban J connectivity index is 2.31. The number of rotatable bonds is 4. The maximum atomic E-state index is 13.7. The van der Waals surface area contributed by atoms with Crippen LogP contribution in [0.2, 0.25) is 10.0 Å². The van der Waals surface area contributed by atoms with Crippen LogP contribution in [0, 0.1) is 5.82 Å². The minimum atomic E-state index is -0.632. The van der Waals surface area contributed by atoms with Crippen molar-refractivity contribution in [2.75, 3.05) is 19.5 Å². The van der Waals surface area contributed by atoms with Crippen LogP contribution in [0.1, 0.15) is 10.4 Å². The van der Waals surface area contributed by atoms with Crippen LogP contribution >= 0.6 is 23.2 Å². The standard InChI is InChI=1S/C15H12Cl2FNO3/c1-21-13-6-8(5-10(17)14(13)22-2)15(20)19-12-4-3-9(16)7-11(12)18/h3-7H,1-2H3,(H,19,20). The molecule has 7 heteroatoms. The number of nitrogens with one attached hydrogen (secondary N) is 1. The van der Waals surface area contributed by atoms with Gasteiger partial charge in [0.05, 0.1) is 24.9 Å². The zero-order valence-corrected chi connectivity index (χ0v) is 13.3. The molecule has 0 saturated heterocycles. The van der Waals surface area contributed by atoms with Gasteiger partial charge in [0, 0.05) is 10.6 Å². The molecule has 0 atom stereocenters. The van der Waals surface area contributed by atoms with E-state index < -0.39 is 11.7 Å². The number of halogens is 3. The summed E-state index contributed by atoms with van der Waals surface area (Å²) in [4.78, 5) is 12.2. The van der Waals surface area contributed by atoms with Gasteiger partial charge < -0.3 is 14.8 Å². The fraction of sp³-hybridized carbons (Fsp3) is 0.133. The Hall–Kier alpha value is -1.98. The first kappa shape index (κ1) is 16.4. The zero-order valence-electron chi connectivity index (χ0n) is 11.7. The summed E-state index contributed by atoms with van der Waals surface area (Å²) in [5.74, 6) is -0.549. The third-order valence-corrected chi connectivity index (χ3v) is 3.39. The van der Waals surface area contributed by atoms with Crippen LogP contribution in [0.25, 0.3) is 0 Å². The number of ether oxygens (including phenoxy) is 2. The Morgan fingerprint density at radius 1 is 1.14 bits per heavy atom. The van der Waals surface area contributed by atoms with E-state index in [0.29, 0.717) is 11.5 Å². The first-order valence-electron chi connectivity index (χ1n) is 6.14. The largest absolute Gasteiger partial charge is 0.493 e. The summed E-state index contributed by atoms with van der Waals surface area (Å²) in [5, 5.41) is 2.89. The lowest BCUT2D eigenvalue weighted by molar-refractivity contribution is 0.102. The summed E-state index contributed by atoms with van der Waals surface area (Å²) in [6.45, 7) is 0. The third kappa shape index (κ3) is 3.43. The molecule has 1 N–H and O–H groups in total. The van der Waals surface area contributed by atoms with E-state index in [1.807, 2.05) is 0 Å². The second kappa shape index (κ2) is 6.85. The molecule has 22 heavy (non-hydrogen) atoms. The van der Waals surface area contributed by atoms with Crippen molar-refractivity contribution in [3.05, 3.63) is 51.8 Å². The normalized spacial score (nSPS) is 10.2. The molecule has 0 fully saturated rings. The summed E-state index contributed by atoms with van der Waals surface area (Å²) in [5.41, 5.74) is 0.220. The average molecular weight is 344 g/mol. The molecule has 1 amide bonds. The number of anilines is 1. The maximum absolute atomic E-state index is 13.7. The number of amides is 1. The van der Waals surface area contributed by atoms with Gasteiger partial charge in [-0.15, -0.1) is 0 Å². The highest BCUT2D eigenvalue weighted by Crippen LogP contribution is 2.36. The Bertz CT molecular complexity index is 722.